The van der Waals surface area contributed by atoms with Crippen molar-refractivity contribution in [3.05, 3.63) is 0 Å². The molecule has 0 aromatic heterocycles. The molecule has 11 heteroatoms. The number of nitrogens with zero attached hydrogens (tertiary/aromatic N) is 2. The molecule has 0 aromatic rings. The highest BCUT2D eigenvalue weighted by Crippen LogP contribution is 2.24. The molecule has 2 aliphatic heterocycles. The van der Waals surface area contributed by atoms with Gasteiger partial charge in [-0.1, -0.05) is 13.3 Å². The summed E-state index contributed by atoms with van der Waals surface area (Å²) in [5.74, 6) is -0.187. The Morgan fingerprint density at radius 1 is 0.925 bits per heavy atom. The molecule has 0 spiro atoms. The summed E-state index contributed by atoms with van der Waals surface area (Å²) in [5.41, 5.74) is 4.91. The summed E-state index contributed by atoms with van der Waals surface area (Å²) in [5, 5.41) is 6.11. The van der Waals surface area contributed by atoms with Crippen molar-refractivity contribution in [2.24, 2.45) is 5.73 Å². The Morgan fingerprint density at radius 3 is 2.25 bits per heavy atom. The van der Waals surface area contributed by atoms with Crippen LogP contribution in [0.3, 0.4) is 0 Å². The van der Waals surface area contributed by atoms with Crippen molar-refractivity contribution in [1.29, 1.82) is 0 Å². The van der Waals surface area contributed by atoms with Crippen LogP contribution in [-0.4, -0.2) is 108 Å². The van der Waals surface area contributed by atoms with Crippen molar-refractivity contribution in [3.8, 4) is 0 Å². The van der Waals surface area contributed by atoms with Crippen LogP contribution in [0.2, 0.25) is 0 Å². The van der Waals surface area contributed by atoms with Crippen LogP contribution in [0.5, 0.6) is 0 Å². The van der Waals surface area contributed by atoms with E-state index >= 15 is 0 Å². The summed E-state index contributed by atoms with van der Waals surface area (Å²) < 4.78 is 5.48. The Kier molecular flexibility index (Phi) is 13.8. The number of rotatable bonds is 17. The third kappa shape index (κ3) is 10.6. The lowest BCUT2D eigenvalue weighted by atomic mass is 10.0. The van der Waals surface area contributed by atoms with Gasteiger partial charge in [0.05, 0.1) is 43.8 Å². The number of unbranched alkanes of at least 4 members (excludes halogenated alkanes) is 1. The monoisotopic (exact) mass is 565 g/mol. The summed E-state index contributed by atoms with van der Waals surface area (Å²) in [6.45, 7) is 10.8. The lowest BCUT2D eigenvalue weighted by Gasteiger charge is -2.30. The van der Waals surface area contributed by atoms with Crippen molar-refractivity contribution < 1.29 is 28.7 Å². The van der Waals surface area contributed by atoms with Crippen molar-refractivity contribution in [2.45, 2.75) is 116 Å². The molecule has 4 N–H and O–H groups in total. The lowest BCUT2D eigenvalue weighted by molar-refractivity contribution is -0.127. The highest BCUT2D eigenvalue weighted by molar-refractivity contribution is 5.92. The Labute approximate surface area is 239 Å². The van der Waals surface area contributed by atoms with Crippen molar-refractivity contribution in [3.63, 3.8) is 0 Å². The Bertz CT molecular complexity index is 889. The van der Waals surface area contributed by atoms with Gasteiger partial charge >= 0.3 is 6.09 Å². The average molecular weight is 566 g/mol. The van der Waals surface area contributed by atoms with Crippen LogP contribution < -0.4 is 16.4 Å². The minimum absolute atomic E-state index is 0.0174. The summed E-state index contributed by atoms with van der Waals surface area (Å²) in [4.78, 5) is 67.2. The molecule has 11 nitrogen and oxygen atoms in total. The van der Waals surface area contributed by atoms with E-state index in [-0.39, 0.29) is 48.8 Å². The van der Waals surface area contributed by atoms with Crippen LogP contribution in [0.25, 0.3) is 0 Å². The second-order valence-corrected chi connectivity index (χ2v) is 12.0. The van der Waals surface area contributed by atoms with Gasteiger partial charge < -0.3 is 21.1 Å². The molecule has 0 unspecified atom stereocenters. The van der Waals surface area contributed by atoms with Crippen LogP contribution in [0.1, 0.15) is 86.0 Å². The van der Waals surface area contributed by atoms with Gasteiger partial charge in [-0.25, -0.2) is 4.79 Å². The summed E-state index contributed by atoms with van der Waals surface area (Å²) in [6.07, 6.45) is 5.01. The predicted molar refractivity (Wildman–Crippen MR) is 153 cm³/mol. The molecule has 1 amide bonds. The molecular weight excluding hydrogens is 514 g/mol. The maximum atomic E-state index is 13.2. The van der Waals surface area contributed by atoms with E-state index in [0.717, 1.165) is 25.7 Å². The van der Waals surface area contributed by atoms with Crippen LogP contribution in [0, 0.1) is 0 Å². The van der Waals surface area contributed by atoms with Gasteiger partial charge in [0.2, 0.25) is 0 Å². The molecule has 2 fully saturated rings. The third-order valence-electron chi connectivity index (χ3n) is 7.62. The highest BCUT2D eigenvalue weighted by atomic mass is 16.6. The van der Waals surface area contributed by atoms with Crippen LogP contribution in [0.15, 0.2) is 0 Å². The van der Waals surface area contributed by atoms with Crippen molar-refractivity contribution >= 4 is 29.2 Å². The summed E-state index contributed by atoms with van der Waals surface area (Å²) >= 11 is 0. The molecule has 40 heavy (non-hydrogen) atoms. The zero-order chi connectivity index (χ0) is 29.9. The maximum Gasteiger partial charge on any atom is 0.410 e. The molecule has 2 rings (SSSR count). The number of ketones is 4. The number of likely N-dealkylation sites (tertiary alicyclic amines) is 2. The Morgan fingerprint density at radius 2 is 1.60 bits per heavy atom. The van der Waals surface area contributed by atoms with Crippen molar-refractivity contribution in [2.75, 3.05) is 39.3 Å². The minimum Gasteiger partial charge on any atom is -0.444 e. The topological polar surface area (TPSA) is 151 Å². The first kappa shape index (κ1) is 34.0. The van der Waals surface area contributed by atoms with Gasteiger partial charge in [0.25, 0.3) is 0 Å². The van der Waals surface area contributed by atoms with Gasteiger partial charge in [-0.3, -0.25) is 29.0 Å². The van der Waals surface area contributed by atoms with Gasteiger partial charge in [-0.2, -0.15) is 0 Å². The van der Waals surface area contributed by atoms with Gasteiger partial charge in [-0.05, 0) is 79.3 Å². The molecule has 2 aliphatic rings. The molecule has 0 radical (unpaired) electrons. The fraction of sp³-hybridized carbons (Fsp3) is 0.828. The zero-order valence-electron chi connectivity index (χ0n) is 25.1. The average Bonchev–Trinajstić information content (AvgIpc) is 3.57. The predicted octanol–water partition coefficient (Wildman–Crippen LogP) is 1.60. The molecule has 0 aliphatic carbocycles. The standard InChI is InChI=1S/C29H51N5O6/c1-6-24(35)21(11-7-8-14-30)32-17-25(36)20(2)31-18-26(37)22-12-9-15-33(22)19-27(38)23-13-10-16-34(23)28(39)40-29(3,4)5/h20-23,31-32H,6-19,30H2,1-5H3/t20-,21-,22-,23-/m0/s1. The molecule has 4 atom stereocenters. The van der Waals surface area contributed by atoms with Crippen LogP contribution in [0.4, 0.5) is 4.79 Å². The summed E-state index contributed by atoms with van der Waals surface area (Å²) in [6, 6.07) is -1.86. The second-order valence-electron chi connectivity index (χ2n) is 12.0. The van der Waals surface area contributed by atoms with E-state index in [4.69, 9.17) is 10.5 Å². The number of Topliss-reactive ketones (excluding diaryl/α,β-unsaturated/α-hetero) is 4. The molecule has 0 bridgehead atoms. The van der Waals surface area contributed by atoms with Gasteiger partial charge in [0.15, 0.2) is 17.3 Å². The Balaban J connectivity index is 1.84. The zero-order valence-corrected chi connectivity index (χ0v) is 25.1. The number of carbonyl (C=O) groups is 5. The third-order valence-corrected chi connectivity index (χ3v) is 7.62. The molecule has 228 valence electrons. The number of nitrogens with one attached hydrogen (secondary N) is 2. The smallest absolute Gasteiger partial charge is 0.410 e. The fourth-order valence-corrected chi connectivity index (χ4v) is 5.30. The lowest BCUT2D eigenvalue weighted by Crippen LogP contribution is -2.50. The number of nitrogens with two attached hydrogens (primary N) is 1. The van der Waals surface area contributed by atoms with E-state index in [0.29, 0.717) is 45.3 Å². The molecule has 0 saturated carbocycles. The van der Waals surface area contributed by atoms with Crippen LogP contribution >= 0.6 is 0 Å². The van der Waals surface area contributed by atoms with Crippen LogP contribution in [-0.2, 0) is 23.9 Å². The SMILES string of the molecule is CCC(=O)[C@H](CCCCN)NCC(=O)[C@H](C)NCC(=O)[C@@H]1CCCN1CC(=O)[C@@H]1CCCN1C(=O)OC(C)(C)C. The first-order valence-corrected chi connectivity index (χ1v) is 14.9. The Hall–Kier alpha value is -2.21. The highest BCUT2D eigenvalue weighted by Gasteiger charge is 2.39. The number of hydrogen-bond donors (Lipinski definition) is 3. The van der Waals surface area contributed by atoms with E-state index in [2.05, 4.69) is 10.6 Å². The van der Waals surface area contributed by atoms with E-state index in [1.54, 1.807) is 27.7 Å². The van der Waals surface area contributed by atoms with E-state index in [9.17, 15) is 24.0 Å². The normalized spacial score (nSPS) is 21.3. The minimum atomic E-state index is -0.638. The first-order valence-electron chi connectivity index (χ1n) is 14.9. The van der Waals surface area contributed by atoms with Gasteiger partial charge in [-0.15, -0.1) is 0 Å². The second kappa shape index (κ2) is 16.3. The number of hydrogen-bond acceptors (Lipinski definition) is 10. The van der Waals surface area contributed by atoms with E-state index < -0.39 is 29.8 Å². The number of ether oxygens (including phenoxy) is 1. The molecule has 2 heterocycles. The number of carbonyl (C=O) groups excluding carboxylic acids is 5. The maximum absolute atomic E-state index is 13.2. The first-order chi connectivity index (χ1) is 18.9. The van der Waals surface area contributed by atoms with E-state index in [1.807, 2.05) is 11.8 Å². The fourth-order valence-electron chi connectivity index (χ4n) is 5.30. The number of amides is 1. The molecule has 0 aromatic carbocycles. The quantitative estimate of drug-likeness (QED) is 0.222. The van der Waals surface area contributed by atoms with Crippen molar-refractivity contribution in [1.82, 2.24) is 20.4 Å². The van der Waals surface area contributed by atoms with Gasteiger partial charge in [0, 0.05) is 13.0 Å². The summed E-state index contributed by atoms with van der Waals surface area (Å²) in [7, 11) is 0. The molecular formula is C29H51N5O6. The van der Waals surface area contributed by atoms with Gasteiger partial charge in [0.1, 0.15) is 11.4 Å². The largest absolute Gasteiger partial charge is 0.444 e. The molecule has 2 saturated heterocycles. The van der Waals surface area contributed by atoms with E-state index in [1.165, 1.54) is 4.90 Å².